The van der Waals surface area contributed by atoms with Gasteiger partial charge in [-0.15, -0.1) is 0 Å². The molecule has 1 amide bonds. The molecule has 2 aromatic carbocycles. The van der Waals surface area contributed by atoms with Crippen LogP contribution in [0.4, 0.5) is 11.5 Å². The van der Waals surface area contributed by atoms with E-state index in [0.29, 0.717) is 23.0 Å². The largest absolute Gasteiger partial charge is 0.497 e. The first-order valence-corrected chi connectivity index (χ1v) is 10.7. The molecule has 4 rings (SSSR count). The molecule has 1 atom stereocenters. The molecule has 1 aliphatic rings. The maximum atomic E-state index is 13.4. The second-order valence-corrected chi connectivity index (χ2v) is 8.17. The Morgan fingerprint density at radius 2 is 1.56 bits per heavy atom. The van der Waals surface area contributed by atoms with Gasteiger partial charge in [-0.3, -0.25) is 23.9 Å². The van der Waals surface area contributed by atoms with Crippen LogP contribution >= 0.6 is 11.3 Å². The number of thiazole rings is 1. The van der Waals surface area contributed by atoms with Gasteiger partial charge in [-0.1, -0.05) is 23.5 Å². The number of ether oxygens (including phenoxy) is 3. The van der Waals surface area contributed by atoms with Gasteiger partial charge in [-0.25, -0.2) is 0 Å². The van der Waals surface area contributed by atoms with Crippen LogP contribution in [0, 0.1) is 0 Å². The number of esters is 1. The first-order valence-electron chi connectivity index (χ1n) is 9.88. The Hall–Kier alpha value is -3.59. The molecule has 166 valence electrons. The molecule has 0 radical (unpaired) electrons. The number of carbonyl (C=O) groups excluding carboxylic acids is 2. The third kappa shape index (κ3) is 3.87. The second kappa shape index (κ2) is 8.88. The lowest BCUT2D eigenvalue weighted by Gasteiger charge is -2.32. The van der Waals surface area contributed by atoms with Crippen LogP contribution in [0.1, 0.15) is 22.8 Å². The Morgan fingerprint density at radius 1 is 0.969 bits per heavy atom. The van der Waals surface area contributed by atoms with Crippen molar-refractivity contribution in [1.29, 1.82) is 0 Å². The summed E-state index contributed by atoms with van der Waals surface area (Å²) in [7, 11) is 4.41. The highest BCUT2D eigenvalue weighted by molar-refractivity contribution is 7.10. The quantitative estimate of drug-likeness (QED) is 0.531. The van der Waals surface area contributed by atoms with E-state index in [4.69, 9.17) is 14.2 Å². The van der Waals surface area contributed by atoms with E-state index in [-0.39, 0.29) is 29.7 Å². The SMILES string of the molecule is COC(=O)Cn1c2c(sc1=O)C(c1ccc(OC)cc1)CC(=O)N2c1ccc(OC)cc1. The standard InChI is InChI=1S/C23H22N2O6S/c1-29-16-8-4-14(5-9-16)18-12-19(26)25(15-6-10-17(30-2)11-7-15)22-21(18)32-23(28)24(22)13-20(27)31-3/h4-11,18H,12-13H2,1-3H3. The molecule has 0 aliphatic carbocycles. The molecule has 0 N–H and O–H groups in total. The molecular weight excluding hydrogens is 432 g/mol. The predicted octanol–water partition coefficient (Wildman–Crippen LogP) is 3.30. The summed E-state index contributed by atoms with van der Waals surface area (Å²) < 4.78 is 16.5. The number of carbonyl (C=O) groups is 2. The van der Waals surface area contributed by atoms with Gasteiger partial charge in [0.2, 0.25) is 5.91 Å². The Kier molecular flexibility index (Phi) is 6.00. The molecule has 2 heterocycles. The van der Waals surface area contributed by atoms with Crippen molar-refractivity contribution < 1.29 is 23.8 Å². The molecule has 9 heteroatoms. The fourth-order valence-corrected chi connectivity index (χ4v) is 4.89. The summed E-state index contributed by atoms with van der Waals surface area (Å²) in [6, 6.07) is 14.4. The van der Waals surface area contributed by atoms with Gasteiger partial charge in [0.1, 0.15) is 23.9 Å². The number of methoxy groups -OCH3 is 3. The highest BCUT2D eigenvalue weighted by Gasteiger charge is 2.38. The van der Waals surface area contributed by atoms with Gasteiger partial charge in [0.15, 0.2) is 0 Å². The fourth-order valence-electron chi connectivity index (χ4n) is 3.78. The number of benzene rings is 2. The summed E-state index contributed by atoms with van der Waals surface area (Å²) in [6.07, 6.45) is 0.184. The van der Waals surface area contributed by atoms with E-state index in [1.807, 2.05) is 24.3 Å². The maximum Gasteiger partial charge on any atom is 0.325 e. The first-order chi connectivity index (χ1) is 15.5. The topological polar surface area (TPSA) is 87.1 Å². The lowest BCUT2D eigenvalue weighted by molar-refractivity contribution is -0.141. The van der Waals surface area contributed by atoms with Crippen molar-refractivity contribution in [2.75, 3.05) is 26.2 Å². The monoisotopic (exact) mass is 454 g/mol. The van der Waals surface area contributed by atoms with Gasteiger partial charge in [0.05, 0.1) is 31.9 Å². The van der Waals surface area contributed by atoms with E-state index in [9.17, 15) is 14.4 Å². The fraction of sp³-hybridized carbons (Fsp3) is 0.261. The van der Waals surface area contributed by atoms with E-state index < -0.39 is 5.97 Å². The van der Waals surface area contributed by atoms with Crippen LogP contribution < -0.4 is 19.2 Å². The summed E-state index contributed by atoms with van der Waals surface area (Å²) in [5.74, 6) is 0.683. The van der Waals surface area contributed by atoms with Gasteiger partial charge in [0, 0.05) is 12.3 Å². The Labute approximate surface area is 188 Å². The Balaban J connectivity index is 1.87. The maximum absolute atomic E-state index is 13.4. The van der Waals surface area contributed by atoms with E-state index in [1.165, 1.54) is 16.6 Å². The zero-order valence-corrected chi connectivity index (χ0v) is 18.7. The zero-order valence-electron chi connectivity index (χ0n) is 17.9. The third-order valence-electron chi connectivity index (χ3n) is 5.41. The molecule has 1 aromatic heterocycles. The average molecular weight is 455 g/mol. The Bertz CT molecular complexity index is 1200. The number of aromatic nitrogens is 1. The van der Waals surface area contributed by atoms with Crippen molar-refractivity contribution in [1.82, 2.24) is 4.57 Å². The molecule has 1 aliphatic heterocycles. The molecule has 3 aromatic rings. The van der Waals surface area contributed by atoms with Crippen LogP contribution in [0.3, 0.4) is 0 Å². The van der Waals surface area contributed by atoms with Gasteiger partial charge >= 0.3 is 10.8 Å². The summed E-state index contributed by atoms with van der Waals surface area (Å²) in [4.78, 5) is 40.2. The van der Waals surface area contributed by atoms with Crippen LogP contribution in [-0.2, 0) is 20.9 Å². The van der Waals surface area contributed by atoms with Crippen LogP contribution in [-0.4, -0.2) is 37.8 Å². The van der Waals surface area contributed by atoms with Gasteiger partial charge in [0.25, 0.3) is 0 Å². The summed E-state index contributed by atoms with van der Waals surface area (Å²) in [5, 5.41) is 0. The number of hydrogen-bond acceptors (Lipinski definition) is 7. The number of rotatable bonds is 6. The number of anilines is 2. The molecular formula is C23H22N2O6S. The van der Waals surface area contributed by atoms with E-state index in [2.05, 4.69) is 0 Å². The smallest absolute Gasteiger partial charge is 0.325 e. The number of hydrogen-bond donors (Lipinski definition) is 0. The molecule has 1 unspecified atom stereocenters. The van der Waals surface area contributed by atoms with Crippen LogP contribution in [0.15, 0.2) is 53.3 Å². The normalized spacial score (nSPS) is 15.3. The highest BCUT2D eigenvalue weighted by Crippen LogP contribution is 2.45. The van der Waals surface area contributed by atoms with Gasteiger partial charge < -0.3 is 14.2 Å². The summed E-state index contributed by atoms with van der Waals surface area (Å²) in [5.41, 5.74) is 1.47. The van der Waals surface area contributed by atoms with E-state index >= 15 is 0 Å². The van der Waals surface area contributed by atoms with Crippen molar-refractivity contribution in [2.45, 2.75) is 18.9 Å². The molecule has 0 fully saturated rings. The highest BCUT2D eigenvalue weighted by atomic mass is 32.1. The van der Waals surface area contributed by atoms with Crippen molar-refractivity contribution in [3.63, 3.8) is 0 Å². The van der Waals surface area contributed by atoms with Crippen LogP contribution in [0.2, 0.25) is 0 Å². The molecule has 0 saturated carbocycles. The average Bonchev–Trinajstić information content (AvgIpc) is 3.14. The third-order valence-corrected chi connectivity index (χ3v) is 6.50. The number of nitrogens with zero attached hydrogens (tertiary/aromatic N) is 2. The number of amides is 1. The van der Waals surface area contributed by atoms with Crippen molar-refractivity contribution in [3.05, 3.63) is 68.6 Å². The van der Waals surface area contributed by atoms with Gasteiger partial charge in [-0.2, -0.15) is 0 Å². The predicted molar refractivity (Wildman–Crippen MR) is 120 cm³/mol. The first kappa shape index (κ1) is 21.6. The summed E-state index contributed by atoms with van der Waals surface area (Å²) >= 11 is 1.04. The number of fused-ring (bicyclic) bond motifs is 1. The molecule has 8 nitrogen and oxygen atoms in total. The molecule has 0 bridgehead atoms. The van der Waals surface area contributed by atoms with Crippen LogP contribution in [0.25, 0.3) is 0 Å². The molecule has 32 heavy (non-hydrogen) atoms. The summed E-state index contributed by atoms with van der Waals surface area (Å²) in [6.45, 7) is -0.281. The molecule has 0 saturated heterocycles. The minimum absolute atomic E-state index is 0.181. The minimum Gasteiger partial charge on any atom is -0.497 e. The van der Waals surface area contributed by atoms with E-state index in [1.54, 1.807) is 38.5 Å². The van der Waals surface area contributed by atoms with Crippen molar-refractivity contribution in [2.24, 2.45) is 0 Å². The minimum atomic E-state index is -0.568. The van der Waals surface area contributed by atoms with Crippen LogP contribution in [0.5, 0.6) is 11.5 Å². The van der Waals surface area contributed by atoms with Crippen molar-refractivity contribution >= 4 is 34.7 Å². The molecule has 0 spiro atoms. The lowest BCUT2D eigenvalue weighted by atomic mass is 9.90. The lowest BCUT2D eigenvalue weighted by Crippen LogP contribution is -2.36. The van der Waals surface area contributed by atoms with E-state index in [0.717, 1.165) is 21.8 Å². The zero-order chi connectivity index (χ0) is 22.8. The Morgan fingerprint density at radius 3 is 2.12 bits per heavy atom. The van der Waals surface area contributed by atoms with Gasteiger partial charge in [-0.05, 0) is 42.0 Å². The van der Waals surface area contributed by atoms with Crippen molar-refractivity contribution in [3.8, 4) is 11.5 Å². The second-order valence-electron chi connectivity index (χ2n) is 7.18.